The first kappa shape index (κ1) is 14.2. The van der Waals surface area contributed by atoms with E-state index in [0.29, 0.717) is 0 Å². The second kappa shape index (κ2) is 6.79. The van der Waals surface area contributed by atoms with Crippen LogP contribution in [0.3, 0.4) is 0 Å². The number of halogens is 1. The quantitative estimate of drug-likeness (QED) is 0.906. The minimum atomic E-state index is 0. The van der Waals surface area contributed by atoms with E-state index >= 15 is 0 Å². The van der Waals surface area contributed by atoms with Crippen LogP contribution in [0.2, 0.25) is 0 Å². The van der Waals surface area contributed by atoms with Crippen molar-refractivity contribution < 1.29 is 0 Å². The largest absolute Gasteiger partial charge is 0.308 e. The first-order valence-corrected chi connectivity index (χ1v) is 6.43. The molecule has 0 radical (unpaired) electrons. The van der Waals surface area contributed by atoms with Crippen LogP contribution in [0.1, 0.15) is 23.1 Å². The maximum absolute atomic E-state index is 4.42. The molecule has 0 saturated heterocycles. The van der Waals surface area contributed by atoms with Gasteiger partial charge in [0.25, 0.3) is 0 Å². The van der Waals surface area contributed by atoms with Gasteiger partial charge in [0.05, 0.1) is 5.69 Å². The molecule has 0 amide bonds. The van der Waals surface area contributed by atoms with Gasteiger partial charge in [-0.1, -0.05) is 6.07 Å². The molecule has 0 aliphatic rings. The van der Waals surface area contributed by atoms with E-state index in [4.69, 9.17) is 0 Å². The van der Waals surface area contributed by atoms with Crippen molar-refractivity contribution in [2.24, 2.45) is 0 Å². The van der Waals surface area contributed by atoms with Crippen LogP contribution < -0.4 is 5.32 Å². The highest BCUT2D eigenvalue weighted by Gasteiger charge is 2.03. The van der Waals surface area contributed by atoms with Gasteiger partial charge < -0.3 is 5.32 Å². The zero-order valence-electron chi connectivity index (χ0n) is 10.1. The molecule has 0 spiro atoms. The average Bonchev–Trinajstić information content (AvgIpc) is 2.89. The lowest BCUT2D eigenvalue weighted by molar-refractivity contribution is 0.652. The van der Waals surface area contributed by atoms with Gasteiger partial charge in [-0.15, -0.1) is 23.7 Å². The predicted molar refractivity (Wildman–Crippen MR) is 74.7 cm³/mol. The molecule has 5 heteroatoms. The first-order valence-electron chi connectivity index (χ1n) is 5.55. The summed E-state index contributed by atoms with van der Waals surface area (Å²) < 4.78 is 1.98. The minimum absolute atomic E-state index is 0. The molecule has 2 aromatic heterocycles. The highest BCUT2D eigenvalue weighted by Crippen LogP contribution is 2.09. The number of nitrogens with one attached hydrogen (secondary N) is 1. The number of thiophene rings is 1. The number of aromatic nitrogens is 2. The smallest absolute Gasteiger partial charge is 0.0638 e. The van der Waals surface area contributed by atoms with E-state index < -0.39 is 0 Å². The van der Waals surface area contributed by atoms with Crippen LogP contribution in [0, 0.1) is 6.92 Å². The molecule has 0 aromatic carbocycles. The Balaban J connectivity index is 0.00000144. The van der Waals surface area contributed by atoms with Crippen LogP contribution in [-0.2, 0) is 19.6 Å². The summed E-state index contributed by atoms with van der Waals surface area (Å²) in [5, 5.41) is 9.97. The van der Waals surface area contributed by atoms with E-state index in [2.05, 4.69) is 48.0 Å². The lowest BCUT2D eigenvalue weighted by Crippen LogP contribution is -2.11. The molecule has 2 rings (SSSR count). The van der Waals surface area contributed by atoms with E-state index in [1.165, 1.54) is 10.4 Å². The Morgan fingerprint density at radius 1 is 1.41 bits per heavy atom. The Morgan fingerprint density at radius 2 is 2.24 bits per heavy atom. The van der Waals surface area contributed by atoms with Crippen LogP contribution in [0.4, 0.5) is 0 Å². The second-order valence-electron chi connectivity index (χ2n) is 3.78. The first-order chi connectivity index (χ1) is 7.79. The van der Waals surface area contributed by atoms with Crippen molar-refractivity contribution in [3.8, 4) is 0 Å². The maximum Gasteiger partial charge on any atom is 0.0638 e. The van der Waals surface area contributed by atoms with Crippen molar-refractivity contribution >= 4 is 23.7 Å². The van der Waals surface area contributed by atoms with Gasteiger partial charge in [0.1, 0.15) is 0 Å². The van der Waals surface area contributed by atoms with Gasteiger partial charge in [0.15, 0.2) is 0 Å². The molecule has 2 aromatic rings. The summed E-state index contributed by atoms with van der Waals surface area (Å²) in [5.74, 6) is 0. The minimum Gasteiger partial charge on any atom is -0.308 e. The fourth-order valence-corrected chi connectivity index (χ4v) is 2.30. The highest BCUT2D eigenvalue weighted by molar-refractivity contribution is 7.09. The zero-order chi connectivity index (χ0) is 11.4. The van der Waals surface area contributed by atoms with E-state index in [1.807, 2.05) is 4.68 Å². The summed E-state index contributed by atoms with van der Waals surface area (Å²) in [6, 6.07) is 4.24. The Morgan fingerprint density at radius 3 is 2.82 bits per heavy atom. The highest BCUT2D eigenvalue weighted by atomic mass is 35.5. The standard InChI is InChI=1S/C12H17N3S.ClH/c1-3-15-9-11(10(2)14-15)7-13-8-12-5-4-6-16-12;/h4-6,9,13H,3,7-8H2,1-2H3;1H. The molecule has 3 nitrogen and oxygen atoms in total. The van der Waals surface area contributed by atoms with E-state index in [0.717, 1.165) is 25.3 Å². The SMILES string of the molecule is CCn1cc(CNCc2cccs2)c(C)n1.Cl. The fraction of sp³-hybridized carbons (Fsp3) is 0.417. The van der Waals surface area contributed by atoms with Crippen molar-refractivity contribution in [3.05, 3.63) is 39.8 Å². The average molecular weight is 272 g/mol. The fourth-order valence-electron chi connectivity index (χ4n) is 1.63. The molecule has 0 fully saturated rings. The molecule has 0 bridgehead atoms. The topological polar surface area (TPSA) is 29.9 Å². The maximum atomic E-state index is 4.42. The van der Waals surface area contributed by atoms with Gasteiger partial charge >= 0.3 is 0 Å². The monoisotopic (exact) mass is 271 g/mol. The van der Waals surface area contributed by atoms with Crippen LogP contribution in [0.5, 0.6) is 0 Å². The Kier molecular flexibility index (Phi) is 5.68. The summed E-state index contributed by atoms with van der Waals surface area (Å²) in [6.45, 7) is 6.94. The van der Waals surface area contributed by atoms with Gasteiger partial charge in [-0.05, 0) is 25.3 Å². The van der Waals surface area contributed by atoms with E-state index in [9.17, 15) is 0 Å². The van der Waals surface area contributed by atoms with Crippen molar-refractivity contribution in [3.63, 3.8) is 0 Å². The molecule has 1 N–H and O–H groups in total. The normalized spacial score (nSPS) is 10.2. The van der Waals surface area contributed by atoms with Gasteiger partial charge in [-0.3, -0.25) is 4.68 Å². The van der Waals surface area contributed by atoms with Gasteiger partial charge in [-0.25, -0.2) is 0 Å². The Labute approximate surface area is 112 Å². The Bertz CT molecular complexity index is 437. The molecule has 0 aliphatic carbocycles. The van der Waals surface area contributed by atoms with E-state index in [-0.39, 0.29) is 12.4 Å². The molecule has 0 saturated carbocycles. The lowest BCUT2D eigenvalue weighted by atomic mass is 10.2. The van der Waals surface area contributed by atoms with Crippen molar-refractivity contribution in [1.29, 1.82) is 0 Å². The van der Waals surface area contributed by atoms with Gasteiger partial charge in [0, 0.05) is 36.3 Å². The Hall–Kier alpha value is -0.840. The molecule has 2 heterocycles. The van der Waals surface area contributed by atoms with Crippen LogP contribution in [-0.4, -0.2) is 9.78 Å². The summed E-state index contributed by atoms with van der Waals surface area (Å²) in [5.41, 5.74) is 2.42. The summed E-state index contributed by atoms with van der Waals surface area (Å²) in [6.07, 6.45) is 2.12. The number of nitrogens with zero attached hydrogens (tertiary/aromatic N) is 2. The summed E-state index contributed by atoms with van der Waals surface area (Å²) in [7, 11) is 0. The van der Waals surface area contributed by atoms with E-state index in [1.54, 1.807) is 11.3 Å². The van der Waals surface area contributed by atoms with Gasteiger partial charge in [0.2, 0.25) is 0 Å². The number of hydrogen-bond acceptors (Lipinski definition) is 3. The third-order valence-electron chi connectivity index (χ3n) is 2.57. The lowest BCUT2D eigenvalue weighted by Gasteiger charge is -2.01. The third kappa shape index (κ3) is 3.84. The van der Waals surface area contributed by atoms with Crippen LogP contribution in [0.15, 0.2) is 23.7 Å². The molecule has 0 atom stereocenters. The molecular formula is C12H18ClN3S. The molecule has 17 heavy (non-hydrogen) atoms. The summed E-state index contributed by atoms with van der Waals surface area (Å²) >= 11 is 1.79. The second-order valence-corrected chi connectivity index (χ2v) is 4.81. The molecule has 0 unspecified atom stereocenters. The predicted octanol–water partition coefficient (Wildman–Crippen LogP) is 2.98. The van der Waals surface area contributed by atoms with Crippen molar-refractivity contribution in [1.82, 2.24) is 15.1 Å². The zero-order valence-corrected chi connectivity index (χ0v) is 11.8. The molecule has 0 aliphatic heterocycles. The number of rotatable bonds is 5. The summed E-state index contributed by atoms with van der Waals surface area (Å²) in [4.78, 5) is 1.38. The molecular weight excluding hydrogens is 254 g/mol. The van der Waals surface area contributed by atoms with Crippen LogP contribution in [0.25, 0.3) is 0 Å². The van der Waals surface area contributed by atoms with Gasteiger partial charge in [-0.2, -0.15) is 5.10 Å². The third-order valence-corrected chi connectivity index (χ3v) is 3.44. The van der Waals surface area contributed by atoms with Crippen LogP contribution >= 0.6 is 23.7 Å². The van der Waals surface area contributed by atoms with Crippen molar-refractivity contribution in [2.45, 2.75) is 33.5 Å². The van der Waals surface area contributed by atoms with Crippen molar-refractivity contribution in [2.75, 3.05) is 0 Å². The molecule has 94 valence electrons. The number of aryl methyl sites for hydroxylation is 2. The number of hydrogen-bond donors (Lipinski definition) is 1.